The van der Waals surface area contributed by atoms with Crippen LogP contribution in [0.25, 0.3) is 112 Å². The van der Waals surface area contributed by atoms with Gasteiger partial charge in [0.15, 0.2) is 34.2 Å². The van der Waals surface area contributed by atoms with E-state index in [9.17, 15) is 0 Å². The Labute approximate surface area is 319 Å². The van der Waals surface area contributed by atoms with Crippen LogP contribution >= 0.6 is 0 Å². The zero-order chi connectivity index (χ0) is 37.0. The number of aromatic nitrogens is 6. The molecule has 11 aromatic rings. The van der Waals surface area contributed by atoms with Gasteiger partial charge in [-0.3, -0.25) is 0 Å². The van der Waals surface area contributed by atoms with Crippen molar-refractivity contribution in [1.29, 1.82) is 0 Å². The van der Waals surface area contributed by atoms with Crippen LogP contribution in [0, 0.1) is 0 Å². The lowest BCUT2D eigenvalue weighted by Gasteiger charge is -2.13. The van der Waals surface area contributed by atoms with Crippen LogP contribution in [-0.2, 0) is 0 Å². The molecule has 0 radical (unpaired) electrons. The second kappa shape index (κ2) is 12.9. The Hall–Kier alpha value is -7.84. The summed E-state index contributed by atoms with van der Waals surface area (Å²) in [5.41, 5.74) is 10.5. The van der Waals surface area contributed by atoms with Crippen LogP contribution in [0.4, 0.5) is 0 Å². The molecule has 0 saturated heterocycles. The third kappa shape index (κ3) is 5.31. The van der Waals surface area contributed by atoms with Crippen LogP contribution in [0.1, 0.15) is 0 Å². The quantitative estimate of drug-likeness (QED) is 0.167. The zero-order valence-electron chi connectivity index (χ0n) is 29.7. The van der Waals surface area contributed by atoms with Crippen LogP contribution < -0.4 is 0 Å². The van der Waals surface area contributed by atoms with E-state index in [4.69, 9.17) is 28.8 Å². The van der Waals surface area contributed by atoms with Gasteiger partial charge < -0.3 is 8.83 Å². The normalized spacial score (nSPS) is 11.6. The van der Waals surface area contributed by atoms with E-state index in [0.29, 0.717) is 45.7 Å². The molecule has 0 aliphatic carbocycles. The Balaban J connectivity index is 0.997. The van der Waals surface area contributed by atoms with Crippen LogP contribution in [0.2, 0.25) is 0 Å². The third-order valence-electron chi connectivity index (χ3n) is 10.2. The molecule has 8 heteroatoms. The van der Waals surface area contributed by atoms with E-state index in [0.717, 1.165) is 66.1 Å². The van der Waals surface area contributed by atoms with Gasteiger partial charge in [0.1, 0.15) is 17.6 Å². The number of fused-ring (bicyclic) bond motifs is 6. The SMILES string of the molecule is c1ccc(-c2nc(-c3ccccc3)nc(-c3ccc(-c4ccc(-c5cccc6c5oc5c6ccc6oc(-c7ccncn7)nc65)c5ccccc45)cc3)n2)cc1. The van der Waals surface area contributed by atoms with Crippen molar-refractivity contribution >= 4 is 43.8 Å². The maximum absolute atomic E-state index is 6.72. The Kier molecular flexibility index (Phi) is 7.31. The van der Waals surface area contributed by atoms with Crippen molar-refractivity contribution < 1.29 is 8.83 Å². The molecule has 4 heterocycles. The van der Waals surface area contributed by atoms with Crippen LogP contribution in [0.15, 0.2) is 179 Å². The summed E-state index contributed by atoms with van der Waals surface area (Å²) in [5, 5.41) is 4.25. The molecule has 0 unspecified atom stereocenters. The first kappa shape index (κ1) is 31.7. The van der Waals surface area contributed by atoms with E-state index in [2.05, 4.69) is 88.8 Å². The lowest BCUT2D eigenvalue weighted by atomic mass is 9.91. The molecule has 0 spiro atoms. The summed E-state index contributed by atoms with van der Waals surface area (Å²) in [5.74, 6) is 2.32. The number of furan rings is 1. The first-order chi connectivity index (χ1) is 27.7. The molecule has 0 N–H and O–H groups in total. The van der Waals surface area contributed by atoms with Gasteiger partial charge in [-0.2, -0.15) is 0 Å². The number of hydrogen-bond acceptors (Lipinski definition) is 8. The average Bonchev–Trinajstić information content (AvgIpc) is 3.89. The zero-order valence-corrected chi connectivity index (χ0v) is 29.7. The van der Waals surface area contributed by atoms with Gasteiger partial charge in [-0.05, 0) is 45.7 Å². The monoisotopic (exact) mass is 720 g/mol. The van der Waals surface area contributed by atoms with Crippen molar-refractivity contribution in [2.24, 2.45) is 0 Å². The molecule has 4 aromatic heterocycles. The standard InChI is InChI=1S/C48H28N6O2/c1-3-10-30(11-4-1)45-52-46(31-12-5-2-6-13-31)54-47(53-45)32-20-18-29(19-21-32)33-22-23-36(35-15-8-7-14-34(33)35)37-16-9-17-38-39-24-25-41-42(44(39)56-43(37)38)51-48(55-41)40-26-27-49-28-50-40/h1-28H. The van der Waals surface area contributed by atoms with Crippen molar-refractivity contribution in [2.75, 3.05) is 0 Å². The van der Waals surface area contributed by atoms with Gasteiger partial charge in [-0.1, -0.05) is 140 Å². The number of para-hydroxylation sites is 1. The van der Waals surface area contributed by atoms with Crippen LogP contribution in [-0.4, -0.2) is 29.9 Å². The highest BCUT2D eigenvalue weighted by molar-refractivity contribution is 6.17. The van der Waals surface area contributed by atoms with Crippen molar-refractivity contribution in [3.63, 3.8) is 0 Å². The molecule has 0 amide bonds. The second-order valence-electron chi connectivity index (χ2n) is 13.5. The number of benzene rings is 7. The van der Waals surface area contributed by atoms with E-state index in [1.807, 2.05) is 72.8 Å². The summed E-state index contributed by atoms with van der Waals surface area (Å²) in [6, 6.07) is 53.5. The minimum absolute atomic E-state index is 0.423. The first-order valence-electron chi connectivity index (χ1n) is 18.3. The molecule has 7 aromatic carbocycles. The molecular formula is C48H28N6O2. The molecule has 11 rings (SSSR count). The number of nitrogens with zero attached hydrogens (tertiary/aromatic N) is 6. The Bertz CT molecular complexity index is 3180. The summed E-state index contributed by atoms with van der Waals surface area (Å²) in [6.07, 6.45) is 3.16. The van der Waals surface area contributed by atoms with E-state index < -0.39 is 0 Å². The molecule has 0 aliphatic rings. The number of rotatable bonds is 6. The van der Waals surface area contributed by atoms with E-state index in [1.165, 1.54) is 6.33 Å². The van der Waals surface area contributed by atoms with Crippen LogP contribution in [0.5, 0.6) is 0 Å². The Morgan fingerprint density at radius 1 is 0.375 bits per heavy atom. The minimum atomic E-state index is 0.423. The molecule has 0 saturated carbocycles. The van der Waals surface area contributed by atoms with E-state index in [-0.39, 0.29) is 0 Å². The predicted molar refractivity (Wildman–Crippen MR) is 220 cm³/mol. The second-order valence-corrected chi connectivity index (χ2v) is 13.5. The van der Waals surface area contributed by atoms with Crippen molar-refractivity contribution in [1.82, 2.24) is 29.9 Å². The number of hydrogen-bond donors (Lipinski definition) is 0. The topological polar surface area (TPSA) is 104 Å². The van der Waals surface area contributed by atoms with Crippen molar-refractivity contribution in [3.05, 3.63) is 170 Å². The summed E-state index contributed by atoms with van der Waals surface area (Å²) >= 11 is 0. The molecule has 262 valence electrons. The lowest BCUT2D eigenvalue weighted by molar-refractivity contribution is 0.616. The Morgan fingerprint density at radius 3 is 1.64 bits per heavy atom. The van der Waals surface area contributed by atoms with Gasteiger partial charge >= 0.3 is 0 Å². The molecule has 0 aliphatic heterocycles. The summed E-state index contributed by atoms with van der Waals surface area (Å²) < 4.78 is 12.8. The Morgan fingerprint density at radius 2 is 0.964 bits per heavy atom. The fourth-order valence-electron chi connectivity index (χ4n) is 7.51. The fourth-order valence-corrected chi connectivity index (χ4v) is 7.51. The molecule has 8 nitrogen and oxygen atoms in total. The average molecular weight is 721 g/mol. The lowest BCUT2D eigenvalue weighted by Crippen LogP contribution is -2.00. The van der Waals surface area contributed by atoms with E-state index in [1.54, 1.807) is 12.3 Å². The highest BCUT2D eigenvalue weighted by Crippen LogP contribution is 2.43. The molecule has 0 atom stereocenters. The maximum Gasteiger partial charge on any atom is 0.246 e. The highest BCUT2D eigenvalue weighted by Gasteiger charge is 2.20. The van der Waals surface area contributed by atoms with Gasteiger partial charge in [0, 0.05) is 39.2 Å². The summed E-state index contributed by atoms with van der Waals surface area (Å²) in [4.78, 5) is 27.8. The minimum Gasteiger partial charge on any atom is -0.453 e. The van der Waals surface area contributed by atoms with E-state index >= 15 is 0 Å². The van der Waals surface area contributed by atoms with Gasteiger partial charge in [0.25, 0.3) is 0 Å². The summed E-state index contributed by atoms with van der Waals surface area (Å²) in [6.45, 7) is 0. The number of oxazole rings is 1. The smallest absolute Gasteiger partial charge is 0.246 e. The van der Waals surface area contributed by atoms with Gasteiger partial charge in [0.05, 0.1) is 0 Å². The summed E-state index contributed by atoms with van der Waals surface area (Å²) in [7, 11) is 0. The predicted octanol–water partition coefficient (Wildman–Crippen LogP) is 11.9. The maximum atomic E-state index is 6.72. The molecular weight excluding hydrogens is 693 g/mol. The molecule has 56 heavy (non-hydrogen) atoms. The van der Waals surface area contributed by atoms with Crippen LogP contribution in [0.3, 0.4) is 0 Å². The highest BCUT2D eigenvalue weighted by atomic mass is 16.4. The molecule has 0 fully saturated rings. The van der Waals surface area contributed by atoms with Gasteiger partial charge in [-0.15, -0.1) is 0 Å². The van der Waals surface area contributed by atoms with Gasteiger partial charge in [0.2, 0.25) is 5.89 Å². The van der Waals surface area contributed by atoms with Gasteiger partial charge in [-0.25, -0.2) is 29.9 Å². The van der Waals surface area contributed by atoms with Crippen molar-refractivity contribution in [3.8, 4) is 68.0 Å². The molecule has 0 bridgehead atoms. The fraction of sp³-hybridized carbons (Fsp3) is 0. The largest absolute Gasteiger partial charge is 0.453 e. The third-order valence-corrected chi connectivity index (χ3v) is 10.2. The van der Waals surface area contributed by atoms with Crippen molar-refractivity contribution in [2.45, 2.75) is 0 Å². The first-order valence-corrected chi connectivity index (χ1v) is 18.3.